The summed E-state index contributed by atoms with van der Waals surface area (Å²) < 4.78 is 45.5. The minimum atomic E-state index is -4.35. The Morgan fingerprint density at radius 2 is 2.00 bits per heavy atom. The molecule has 1 aromatic carbocycles. The predicted molar refractivity (Wildman–Crippen MR) is 75.7 cm³/mol. The molecule has 0 radical (unpaired) electrons. The molecule has 0 N–H and O–H groups in total. The van der Waals surface area contributed by atoms with Gasteiger partial charge in [-0.05, 0) is 36.8 Å². The largest absolute Gasteiger partial charge is 0.485 e. The van der Waals surface area contributed by atoms with Gasteiger partial charge in [-0.3, -0.25) is 0 Å². The zero-order valence-corrected chi connectivity index (χ0v) is 11.8. The van der Waals surface area contributed by atoms with Gasteiger partial charge in [-0.2, -0.15) is 13.2 Å². The maximum atomic E-state index is 12.7. The van der Waals surface area contributed by atoms with E-state index in [1.807, 2.05) is 23.7 Å². The third-order valence-electron chi connectivity index (χ3n) is 3.22. The summed E-state index contributed by atoms with van der Waals surface area (Å²) in [6.45, 7) is 1.92. The molecule has 22 heavy (non-hydrogen) atoms. The zero-order chi connectivity index (χ0) is 15.7. The van der Waals surface area contributed by atoms with Crippen molar-refractivity contribution in [3.63, 3.8) is 0 Å². The lowest BCUT2D eigenvalue weighted by Crippen LogP contribution is -2.06. The summed E-state index contributed by atoms with van der Waals surface area (Å²) in [4.78, 5) is 4.34. The number of halogens is 3. The summed E-state index contributed by atoms with van der Waals surface area (Å²) in [5, 5.41) is 0. The van der Waals surface area contributed by atoms with E-state index in [0.29, 0.717) is 17.0 Å². The van der Waals surface area contributed by atoms with Crippen molar-refractivity contribution in [2.45, 2.75) is 19.7 Å². The number of nitrogens with zero attached hydrogens (tertiary/aromatic N) is 2. The molecule has 0 unspecified atom stereocenters. The zero-order valence-electron chi connectivity index (χ0n) is 11.8. The van der Waals surface area contributed by atoms with E-state index in [0.717, 1.165) is 17.8 Å². The van der Waals surface area contributed by atoms with Crippen molar-refractivity contribution in [2.75, 3.05) is 0 Å². The van der Waals surface area contributed by atoms with Crippen LogP contribution in [0.5, 0.6) is 5.75 Å². The number of hydrogen-bond donors (Lipinski definition) is 0. The predicted octanol–water partition coefficient (Wildman–Crippen LogP) is 4.24. The van der Waals surface area contributed by atoms with E-state index in [4.69, 9.17) is 4.74 Å². The van der Waals surface area contributed by atoms with Crippen LogP contribution in [0, 0.1) is 6.92 Å². The highest BCUT2D eigenvalue weighted by Crippen LogP contribution is 2.30. The molecule has 0 saturated heterocycles. The van der Waals surface area contributed by atoms with Crippen LogP contribution in [0.25, 0.3) is 5.65 Å². The van der Waals surface area contributed by atoms with Crippen LogP contribution in [-0.2, 0) is 12.8 Å². The van der Waals surface area contributed by atoms with Crippen LogP contribution in [0.15, 0.2) is 48.8 Å². The minimum Gasteiger partial charge on any atom is -0.485 e. The van der Waals surface area contributed by atoms with Crippen LogP contribution in [0.4, 0.5) is 13.2 Å². The number of rotatable bonds is 3. The Hall–Kier alpha value is -2.50. The van der Waals surface area contributed by atoms with Gasteiger partial charge in [0.1, 0.15) is 6.61 Å². The molecule has 0 fully saturated rings. The second kappa shape index (κ2) is 5.36. The van der Waals surface area contributed by atoms with Crippen molar-refractivity contribution in [3.05, 3.63) is 65.6 Å². The summed E-state index contributed by atoms with van der Waals surface area (Å²) in [7, 11) is 0. The Bertz CT molecular complexity index is 809. The Balaban J connectivity index is 1.82. The first-order valence-electron chi connectivity index (χ1n) is 6.67. The SMILES string of the molecule is Cc1cn2cccc(OCc3cccc(C(F)(F)F)c3)c2n1. The Morgan fingerprint density at radius 3 is 2.77 bits per heavy atom. The molecule has 2 heterocycles. The van der Waals surface area contributed by atoms with E-state index in [1.54, 1.807) is 18.2 Å². The van der Waals surface area contributed by atoms with Gasteiger partial charge >= 0.3 is 6.18 Å². The topological polar surface area (TPSA) is 26.5 Å². The molecule has 0 amide bonds. The molecule has 6 heteroatoms. The Kier molecular flexibility index (Phi) is 3.52. The van der Waals surface area contributed by atoms with E-state index < -0.39 is 11.7 Å². The molecular formula is C16H13F3N2O. The molecule has 0 atom stereocenters. The summed E-state index contributed by atoms with van der Waals surface area (Å²) >= 11 is 0. The van der Waals surface area contributed by atoms with Gasteiger partial charge in [-0.25, -0.2) is 4.98 Å². The molecule has 3 aromatic rings. The Labute approximate surface area is 125 Å². The van der Waals surface area contributed by atoms with Crippen LogP contribution >= 0.6 is 0 Å². The highest BCUT2D eigenvalue weighted by molar-refractivity contribution is 5.54. The van der Waals surface area contributed by atoms with Crippen LogP contribution in [-0.4, -0.2) is 9.38 Å². The molecule has 0 bridgehead atoms. The third-order valence-corrected chi connectivity index (χ3v) is 3.22. The van der Waals surface area contributed by atoms with E-state index >= 15 is 0 Å². The van der Waals surface area contributed by atoms with Crippen molar-refractivity contribution in [3.8, 4) is 5.75 Å². The molecule has 0 aliphatic heterocycles. The van der Waals surface area contributed by atoms with Crippen molar-refractivity contribution in [1.82, 2.24) is 9.38 Å². The number of pyridine rings is 1. The molecule has 0 aliphatic rings. The van der Waals surface area contributed by atoms with Gasteiger partial charge < -0.3 is 9.14 Å². The van der Waals surface area contributed by atoms with Crippen molar-refractivity contribution < 1.29 is 17.9 Å². The minimum absolute atomic E-state index is 0.0511. The third kappa shape index (κ3) is 2.90. The van der Waals surface area contributed by atoms with Crippen molar-refractivity contribution in [1.29, 1.82) is 0 Å². The van der Waals surface area contributed by atoms with Crippen LogP contribution in [0.3, 0.4) is 0 Å². The monoisotopic (exact) mass is 306 g/mol. The molecule has 0 spiro atoms. The number of aromatic nitrogens is 2. The number of imidazole rings is 1. The summed E-state index contributed by atoms with van der Waals surface area (Å²) in [5.41, 5.74) is 1.27. The first kappa shape index (κ1) is 14.4. The van der Waals surface area contributed by atoms with E-state index in [9.17, 15) is 13.2 Å². The molecule has 2 aromatic heterocycles. The fraction of sp³-hybridized carbons (Fsp3) is 0.188. The van der Waals surface area contributed by atoms with Crippen LogP contribution < -0.4 is 4.74 Å². The molecule has 0 saturated carbocycles. The maximum absolute atomic E-state index is 12.7. The fourth-order valence-corrected chi connectivity index (χ4v) is 2.22. The number of alkyl halides is 3. The first-order valence-corrected chi connectivity index (χ1v) is 6.67. The lowest BCUT2D eigenvalue weighted by atomic mass is 10.1. The van der Waals surface area contributed by atoms with Gasteiger partial charge in [0.2, 0.25) is 0 Å². The molecule has 3 nitrogen and oxygen atoms in total. The second-order valence-corrected chi connectivity index (χ2v) is 4.97. The average molecular weight is 306 g/mol. The van der Waals surface area contributed by atoms with Gasteiger partial charge in [-0.15, -0.1) is 0 Å². The lowest BCUT2D eigenvalue weighted by molar-refractivity contribution is -0.137. The van der Waals surface area contributed by atoms with Gasteiger partial charge in [0, 0.05) is 12.4 Å². The lowest BCUT2D eigenvalue weighted by Gasteiger charge is -2.10. The van der Waals surface area contributed by atoms with Crippen LogP contribution in [0.1, 0.15) is 16.8 Å². The van der Waals surface area contributed by atoms with E-state index in [1.165, 1.54) is 6.07 Å². The summed E-state index contributed by atoms with van der Waals surface area (Å²) in [6, 6.07) is 8.66. The maximum Gasteiger partial charge on any atom is 0.416 e. The number of hydrogen-bond acceptors (Lipinski definition) is 2. The number of benzene rings is 1. The molecule has 0 aliphatic carbocycles. The molecule has 114 valence electrons. The van der Waals surface area contributed by atoms with E-state index in [2.05, 4.69) is 4.98 Å². The van der Waals surface area contributed by atoms with Gasteiger partial charge in [0.15, 0.2) is 11.4 Å². The van der Waals surface area contributed by atoms with Crippen molar-refractivity contribution >= 4 is 5.65 Å². The smallest absolute Gasteiger partial charge is 0.416 e. The number of fused-ring (bicyclic) bond motifs is 1. The van der Waals surface area contributed by atoms with Crippen LogP contribution in [0.2, 0.25) is 0 Å². The van der Waals surface area contributed by atoms with Gasteiger partial charge in [0.05, 0.1) is 11.3 Å². The number of ether oxygens (including phenoxy) is 1. The standard InChI is InChI=1S/C16H13F3N2O/c1-11-9-21-7-3-6-14(15(21)20-11)22-10-12-4-2-5-13(8-12)16(17,18)19/h2-9H,10H2,1H3. The van der Waals surface area contributed by atoms with Gasteiger partial charge in [-0.1, -0.05) is 12.1 Å². The van der Waals surface area contributed by atoms with E-state index in [-0.39, 0.29) is 6.61 Å². The summed E-state index contributed by atoms with van der Waals surface area (Å²) in [5.74, 6) is 0.535. The number of aryl methyl sites for hydroxylation is 1. The molecular weight excluding hydrogens is 293 g/mol. The average Bonchev–Trinajstić information content (AvgIpc) is 2.85. The fourth-order valence-electron chi connectivity index (χ4n) is 2.22. The van der Waals surface area contributed by atoms with Crippen molar-refractivity contribution in [2.24, 2.45) is 0 Å². The second-order valence-electron chi connectivity index (χ2n) is 4.97. The summed E-state index contributed by atoms with van der Waals surface area (Å²) in [6.07, 6.45) is -0.658. The normalized spacial score (nSPS) is 11.8. The first-order chi connectivity index (χ1) is 10.4. The quantitative estimate of drug-likeness (QED) is 0.723. The molecule has 3 rings (SSSR count). The highest BCUT2D eigenvalue weighted by atomic mass is 19.4. The Morgan fingerprint density at radius 1 is 1.18 bits per heavy atom. The van der Waals surface area contributed by atoms with Gasteiger partial charge in [0.25, 0.3) is 0 Å². The highest BCUT2D eigenvalue weighted by Gasteiger charge is 2.30.